The van der Waals surface area contributed by atoms with Crippen LogP contribution < -0.4 is 4.72 Å². The maximum Gasteiger partial charge on any atom is 0.259 e. The SMILES string of the molecule is CCn1cc(S(=O)(=O)NC2CCC(C)(C)C2)nc1C. The minimum atomic E-state index is -3.49. The number of rotatable bonds is 4. The summed E-state index contributed by atoms with van der Waals surface area (Å²) in [5.74, 6) is 0.731. The maximum atomic E-state index is 12.3. The van der Waals surface area contributed by atoms with E-state index in [1.807, 2.05) is 18.4 Å². The number of aryl methyl sites for hydroxylation is 2. The van der Waals surface area contributed by atoms with Crippen LogP contribution in [0.5, 0.6) is 0 Å². The standard InChI is InChI=1S/C13H23N3O2S/c1-5-16-9-12(14-10(16)2)19(17,18)15-11-6-7-13(3,4)8-11/h9,11,15H,5-8H2,1-4H3. The van der Waals surface area contributed by atoms with Gasteiger partial charge in [-0.1, -0.05) is 13.8 Å². The Morgan fingerprint density at radius 1 is 1.53 bits per heavy atom. The molecule has 0 bridgehead atoms. The molecular formula is C13H23N3O2S. The van der Waals surface area contributed by atoms with Crippen LogP contribution in [-0.4, -0.2) is 24.0 Å². The van der Waals surface area contributed by atoms with E-state index in [9.17, 15) is 8.42 Å². The summed E-state index contributed by atoms with van der Waals surface area (Å²) in [6.07, 6.45) is 4.46. The summed E-state index contributed by atoms with van der Waals surface area (Å²) in [6.45, 7) is 8.87. The normalized spacial score (nSPS) is 22.8. The Bertz CT molecular complexity index is 560. The minimum Gasteiger partial charge on any atom is -0.334 e. The van der Waals surface area contributed by atoms with Crippen molar-refractivity contribution < 1.29 is 8.42 Å². The first kappa shape index (κ1) is 14.5. The number of nitrogens with zero attached hydrogens (tertiary/aromatic N) is 2. The summed E-state index contributed by atoms with van der Waals surface area (Å²) in [7, 11) is -3.49. The summed E-state index contributed by atoms with van der Waals surface area (Å²) in [4.78, 5) is 4.14. The molecule has 0 amide bonds. The first-order valence-corrected chi connectivity index (χ1v) is 8.28. The van der Waals surface area contributed by atoms with Crippen molar-refractivity contribution >= 4 is 10.0 Å². The Kier molecular flexibility index (Phi) is 3.75. The highest BCUT2D eigenvalue weighted by Gasteiger charge is 2.34. The number of hydrogen-bond donors (Lipinski definition) is 1. The van der Waals surface area contributed by atoms with E-state index >= 15 is 0 Å². The highest BCUT2D eigenvalue weighted by atomic mass is 32.2. The van der Waals surface area contributed by atoms with Crippen LogP contribution in [0.1, 0.15) is 45.9 Å². The highest BCUT2D eigenvalue weighted by Crippen LogP contribution is 2.37. The van der Waals surface area contributed by atoms with Gasteiger partial charge in [0.2, 0.25) is 0 Å². The predicted octanol–water partition coefficient (Wildman–Crippen LogP) is 2.07. The van der Waals surface area contributed by atoms with Crippen LogP contribution in [0, 0.1) is 12.3 Å². The lowest BCUT2D eigenvalue weighted by Crippen LogP contribution is -2.33. The molecule has 108 valence electrons. The Hall–Kier alpha value is -0.880. The lowest BCUT2D eigenvalue weighted by molar-refractivity contribution is 0.372. The Balaban J connectivity index is 2.14. The molecule has 1 aliphatic carbocycles. The summed E-state index contributed by atoms with van der Waals surface area (Å²) < 4.78 is 29.2. The highest BCUT2D eigenvalue weighted by molar-refractivity contribution is 7.89. The van der Waals surface area contributed by atoms with Crippen LogP contribution in [-0.2, 0) is 16.6 Å². The zero-order chi connectivity index (χ0) is 14.3. The molecule has 1 unspecified atom stereocenters. The average Bonchev–Trinajstić information content (AvgIpc) is 2.81. The second kappa shape index (κ2) is 4.90. The molecule has 0 aromatic carbocycles. The van der Waals surface area contributed by atoms with Gasteiger partial charge in [0.1, 0.15) is 5.82 Å². The van der Waals surface area contributed by atoms with Gasteiger partial charge in [0.25, 0.3) is 10.0 Å². The van der Waals surface area contributed by atoms with Gasteiger partial charge in [0, 0.05) is 18.8 Å². The van der Waals surface area contributed by atoms with Crippen molar-refractivity contribution in [1.29, 1.82) is 0 Å². The van der Waals surface area contributed by atoms with E-state index in [0.29, 0.717) is 0 Å². The second-order valence-electron chi connectivity index (χ2n) is 6.14. The first-order valence-electron chi connectivity index (χ1n) is 6.79. The quantitative estimate of drug-likeness (QED) is 0.921. The zero-order valence-electron chi connectivity index (χ0n) is 12.1. The fourth-order valence-corrected chi connectivity index (χ4v) is 4.02. The van der Waals surface area contributed by atoms with E-state index < -0.39 is 10.0 Å². The van der Waals surface area contributed by atoms with Gasteiger partial charge in [-0.25, -0.2) is 18.1 Å². The Morgan fingerprint density at radius 2 is 2.21 bits per heavy atom. The van der Waals surface area contributed by atoms with Crippen molar-refractivity contribution in [2.24, 2.45) is 5.41 Å². The molecule has 1 heterocycles. The third-order valence-electron chi connectivity index (χ3n) is 3.86. The third kappa shape index (κ3) is 3.17. The van der Waals surface area contributed by atoms with Gasteiger partial charge in [-0.2, -0.15) is 0 Å². The number of sulfonamides is 1. The van der Waals surface area contributed by atoms with Crippen LogP contribution >= 0.6 is 0 Å². The van der Waals surface area contributed by atoms with Gasteiger partial charge in [-0.05, 0) is 38.5 Å². The maximum absolute atomic E-state index is 12.3. The number of imidazole rings is 1. The molecule has 0 spiro atoms. The molecule has 19 heavy (non-hydrogen) atoms. The van der Waals surface area contributed by atoms with E-state index in [-0.39, 0.29) is 16.5 Å². The lowest BCUT2D eigenvalue weighted by Gasteiger charge is -2.17. The van der Waals surface area contributed by atoms with Crippen LogP contribution in [0.4, 0.5) is 0 Å². The molecule has 1 saturated carbocycles. The van der Waals surface area contributed by atoms with Gasteiger partial charge >= 0.3 is 0 Å². The smallest absolute Gasteiger partial charge is 0.259 e. The largest absolute Gasteiger partial charge is 0.334 e. The average molecular weight is 285 g/mol. The minimum absolute atomic E-state index is 0.0343. The topological polar surface area (TPSA) is 64.0 Å². The molecule has 6 heteroatoms. The molecule has 1 fully saturated rings. The van der Waals surface area contributed by atoms with Gasteiger partial charge in [0.05, 0.1) is 0 Å². The Morgan fingerprint density at radius 3 is 2.68 bits per heavy atom. The molecule has 1 aromatic heterocycles. The van der Waals surface area contributed by atoms with Gasteiger partial charge in [-0.3, -0.25) is 0 Å². The number of hydrogen-bond acceptors (Lipinski definition) is 3. The number of nitrogens with one attached hydrogen (secondary N) is 1. The predicted molar refractivity (Wildman–Crippen MR) is 74.4 cm³/mol. The van der Waals surface area contributed by atoms with Crippen molar-refractivity contribution in [3.63, 3.8) is 0 Å². The van der Waals surface area contributed by atoms with Gasteiger partial charge in [0.15, 0.2) is 5.03 Å². The summed E-state index contributed by atoms with van der Waals surface area (Å²) in [5, 5.41) is 0.136. The van der Waals surface area contributed by atoms with Gasteiger partial charge < -0.3 is 4.57 Å². The van der Waals surface area contributed by atoms with Crippen LogP contribution in [0.15, 0.2) is 11.2 Å². The van der Waals surface area contributed by atoms with Crippen molar-refractivity contribution in [3.8, 4) is 0 Å². The fraction of sp³-hybridized carbons (Fsp3) is 0.769. The molecule has 1 aromatic rings. The second-order valence-corrected chi connectivity index (χ2v) is 7.80. The zero-order valence-corrected chi connectivity index (χ0v) is 12.9. The van der Waals surface area contributed by atoms with Crippen molar-refractivity contribution in [2.75, 3.05) is 0 Å². The first-order chi connectivity index (χ1) is 8.73. The molecule has 2 rings (SSSR count). The monoisotopic (exact) mass is 285 g/mol. The molecule has 1 aliphatic rings. The Labute approximate surface area is 115 Å². The molecule has 1 atom stereocenters. The third-order valence-corrected chi connectivity index (χ3v) is 5.25. The molecular weight excluding hydrogens is 262 g/mol. The summed E-state index contributed by atoms with van der Waals surface area (Å²) in [6, 6.07) is 0.0343. The van der Waals surface area contributed by atoms with E-state index in [4.69, 9.17) is 0 Å². The molecule has 1 N–H and O–H groups in total. The molecule has 0 saturated heterocycles. The van der Waals surface area contributed by atoms with Crippen molar-refractivity contribution in [3.05, 3.63) is 12.0 Å². The van der Waals surface area contributed by atoms with Crippen LogP contribution in [0.2, 0.25) is 0 Å². The summed E-state index contributed by atoms with van der Waals surface area (Å²) >= 11 is 0. The fourth-order valence-electron chi connectivity index (χ4n) is 2.75. The summed E-state index contributed by atoms with van der Waals surface area (Å²) in [5.41, 5.74) is 0.228. The van der Waals surface area contributed by atoms with E-state index in [1.165, 1.54) is 0 Å². The van der Waals surface area contributed by atoms with Gasteiger partial charge in [-0.15, -0.1) is 0 Å². The molecule has 5 nitrogen and oxygen atoms in total. The van der Waals surface area contributed by atoms with Crippen LogP contribution in [0.25, 0.3) is 0 Å². The van der Waals surface area contributed by atoms with E-state index in [0.717, 1.165) is 31.6 Å². The van der Waals surface area contributed by atoms with Crippen LogP contribution in [0.3, 0.4) is 0 Å². The van der Waals surface area contributed by atoms with Crippen molar-refractivity contribution in [1.82, 2.24) is 14.3 Å². The number of aromatic nitrogens is 2. The van der Waals surface area contributed by atoms with Crippen molar-refractivity contribution in [2.45, 2.75) is 64.6 Å². The molecule has 0 aliphatic heterocycles. The van der Waals surface area contributed by atoms with E-state index in [2.05, 4.69) is 23.6 Å². The lowest BCUT2D eigenvalue weighted by atomic mass is 9.92. The van der Waals surface area contributed by atoms with E-state index in [1.54, 1.807) is 6.20 Å². The molecule has 0 radical (unpaired) electrons.